The van der Waals surface area contributed by atoms with Gasteiger partial charge < -0.3 is 24.8 Å². The van der Waals surface area contributed by atoms with E-state index in [0.717, 1.165) is 11.1 Å². The first-order valence-electron chi connectivity index (χ1n) is 9.81. The van der Waals surface area contributed by atoms with Crippen LogP contribution in [0.3, 0.4) is 0 Å². The molecule has 0 aliphatic carbocycles. The van der Waals surface area contributed by atoms with Crippen LogP contribution < -0.4 is 20.1 Å². The lowest BCUT2D eigenvalue weighted by Gasteiger charge is -2.14. The number of nitrogens with zero attached hydrogens (tertiary/aromatic N) is 1. The molecule has 0 radical (unpaired) electrons. The summed E-state index contributed by atoms with van der Waals surface area (Å²) in [6, 6.07) is 12.9. The van der Waals surface area contributed by atoms with Crippen LogP contribution in [-0.4, -0.2) is 39.5 Å². The Labute approximate surface area is 180 Å². The normalized spacial score (nSPS) is 11.9. The highest BCUT2D eigenvalue weighted by Gasteiger charge is 2.27. The molecule has 0 aromatic heterocycles. The molecule has 31 heavy (non-hydrogen) atoms. The average molecular weight is 439 g/mol. The molecule has 0 heterocycles. The molecule has 0 aliphatic rings. The molecule has 170 valence electrons. The molecule has 2 aromatic rings. The molecule has 0 atom stereocenters. The van der Waals surface area contributed by atoms with Gasteiger partial charge in [0.2, 0.25) is 0 Å². The molecule has 0 spiro atoms. The third-order valence-corrected chi connectivity index (χ3v) is 4.23. The van der Waals surface area contributed by atoms with E-state index >= 15 is 0 Å². The van der Waals surface area contributed by atoms with Crippen molar-refractivity contribution in [3.63, 3.8) is 0 Å². The first-order chi connectivity index (χ1) is 14.8. The van der Waals surface area contributed by atoms with Crippen LogP contribution in [-0.2, 0) is 24.4 Å². The molecular weight excluding hydrogens is 411 g/mol. The van der Waals surface area contributed by atoms with Gasteiger partial charge in [0.05, 0.1) is 20.3 Å². The summed E-state index contributed by atoms with van der Waals surface area (Å²) >= 11 is 0. The second-order valence-corrected chi connectivity index (χ2v) is 6.62. The zero-order valence-corrected chi connectivity index (χ0v) is 17.9. The van der Waals surface area contributed by atoms with Gasteiger partial charge >= 0.3 is 6.18 Å². The lowest BCUT2D eigenvalue weighted by atomic mass is 10.1. The Kier molecular flexibility index (Phi) is 9.45. The highest BCUT2D eigenvalue weighted by atomic mass is 19.4. The van der Waals surface area contributed by atoms with Gasteiger partial charge in [-0.25, -0.2) is 0 Å². The Morgan fingerprint density at radius 1 is 0.935 bits per heavy atom. The van der Waals surface area contributed by atoms with Crippen molar-refractivity contribution in [3.8, 4) is 11.5 Å². The quantitative estimate of drug-likeness (QED) is 0.432. The molecule has 0 saturated carbocycles. The molecule has 0 amide bonds. The van der Waals surface area contributed by atoms with E-state index < -0.39 is 12.8 Å². The summed E-state index contributed by atoms with van der Waals surface area (Å²) < 4.78 is 51.9. The standard InChI is InChI=1S/C22H28F3N3O3/c1-4-31-19-10-9-18(11-20(19)29-3)13-28-21(26-2)27-12-16-5-7-17(8-6-16)14-30-15-22(23,24)25/h5-11H,4,12-15H2,1-3H3,(H2,26,27,28). The number of aliphatic imine (C=N–C) groups is 1. The maximum atomic E-state index is 12.1. The number of hydrogen-bond donors (Lipinski definition) is 2. The Morgan fingerprint density at radius 3 is 2.13 bits per heavy atom. The van der Waals surface area contributed by atoms with Crippen molar-refractivity contribution in [3.05, 3.63) is 59.2 Å². The number of rotatable bonds is 10. The molecule has 0 fully saturated rings. The first kappa shape index (κ1) is 24.3. The van der Waals surface area contributed by atoms with Gasteiger partial charge in [0, 0.05) is 20.1 Å². The average Bonchev–Trinajstić information content (AvgIpc) is 2.75. The van der Waals surface area contributed by atoms with E-state index in [9.17, 15) is 13.2 Å². The van der Waals surface area contributed by atoms with Gasteiger partial charge in [-0.2, -0.15) is 13.2 Å². The van der Waals surface area contributed by atoms with Gasteiger partial charge in [0.1, 0.15) is 6.61 Å². The third-order valence-electron chi connectivity index (χ3n) is 4.23. The number of hydrogen-bond acceptors (Lipinski definition) is 4. The minimum atomic E-state index is -4.32. The summed E-state index contributed by atoms with van der Waals surface area (Å²) in [4.78, 5) is 4.20. The van der Waals surface area contributed by atoms with Crippen molar-refractivity contribution in [2.75, 3.05) is 27.4 Å². The van der Waals surface area contributed by atoms with Crippen LogP contribution in [0.2, 0.25) is 0 Å². The summed E-state index contributed by atoms with van der Waals surface area (Å²) in [5, 5.41) is 6.43. The van der Waals surface area contributed by atoms with Crippen molar-refractivity contribution >= 4 is 5.96 Å². The highest BCUT2D eigenvalue weighted by molar-refractivity contribution is 5.79. The Bertz CT molecular complexity index is 840. The van der Waals surface area contributed by atoms with E-state index in [1.54, 1.807) is 26.3 Å². The van der Waals surface area contributed by atoms with Crippen LogP contribution in [0, 0.1) is 0 Å². The number of methoxy groups -OCH3 is 1. The number of ether oxygens (including phenoxy) is 3. The predicted octanol–water partition coefficient (Wildman–Crippen LogP) is 4.04. The lowest BCUT2D eigenvalue weighted by molar-refractivity contribution is -0.176. The summed E-state index contributed by atoms with van der Waals surface area (Å²) in [6.45, 7) is 2.19. The van der Waals surface area contributed by atoms with Crippen molar-refractivity contribution in [1.82, 2.24) is 10.6 Å². The molecule has 0 aliphatic heterocycles. The fourth-order valence-corrected chi connectivity index (χ4v) is 2.73. The van der Waals surface area contributed by atoms with Gasteiger partial charge in [-0.15, -0.1) is 0 Å². The number of benzene rings is 2. The van der Waals surface area contributed by atoms with Crippen molar-refractivity contribution in [1.29, 1.82) is 0 Å². The van der Waals surface area contributed by atoms with Gasteiger partial charge in [0.15, 0.2) is 17.5 Å². The largest absolute Gasteiger partial charge is 0.493 e. The van der Waals surface area contributed by atoms with E-state index in [2.05, 4.69) is 20.4 Å². The van der Waals surface area contributed by atoms with E-state index in [1.807, 2.05) is 37.3 Å². The zero-order valence-electron chi connectivity index (χ0n) is 17.9. The minimum absolute atomic E-state index is 0.0814. The molecule has 2 aromatic carbocycles. The zero-order chi connectivity index (χ0) is 22.7. The lowest BCUT2D eigenvalue weighted by Crippen LogP contribution is -2.36. The molecule has 6 nitrogen and oxygen atoms in total. The summed E-state index contributed by atoms with van der Waals surface area (Å²) in [6.07, 6.45) is -4.32. The van der Waals surface area contributed by atoms with Gasteiger partial charge in [-0.3, -0.25) is 4.99 Å². The number of halogens is 3. The van der Waals surface area contributed by atoms with Crippen LogP contribution >= 0.6 is 0 Å². The van der Waals surface area contributed by atoms with Crippen molar-refractivity contribution in [2.45, 2.75) is 32.8 Å². The van der Waals surface area contributed by atoms with Crippen molar-refractivity contribution < 1.29 is 27.4 Å². The van der Waals surface area contributed by atoms with Crippen LogP contribution in [0.25, 0.3) is 0 Å². The number of alkyl halides is 3. The van der Waals surface area contributed by atoms with Crippen molar-refractivity contribution in [2.24, 2.45) is 4.99 Å². The minimum Gasteiger partial charge on any atom is -0.493 e. The topological polar surface area (TPSA) is 64.1 Å². The van der Waals surface area contributed by atoms with Crippen LogP contribution in [0.15, 0.2) is 47.5 Å². The highest BCUT2D eigenvalue weighted by Crippen LogP contribution is 2.27. The van der Waals surface area contributed by atoms with Crippen LogP contribution in [0.5, 0.6) is 11.5 Å². The van der Waals surface area contributed by atoms with Gasteiger partial charge in [-0.05, 0) is 35.7 Å². The van der Waals surface area contributed by atoms with E-state index in [-0.39, 0.29) is 6.61 Å². The third kappa shape index (κ3) is 8.75. The molecule has 0 saturated heterocycles. The summed E-state index contributed by atoms with van der Waals surface area (Å²) in [7, 11) is 3.28. The molecule has 0 bridgehead atoms. The summed E-state index contributed by atoms with van der Waals surface area (Å²) in [5.74, 6) is 1.98. The predicted molar refractivity (Wildman–Crippen MR) is 113 cm³/mol. The maximum absolute atomic E-state index is 12.1. The Balaban J connectivity index is 1.82. The maximum Gasteiger partial charge on any atom is 0.411 e. The second-order valence-electron chi connectivity index (χ2n) is 6.62. The first-order valence-corrected chi connectivity index (χ1v) is 9.81. The number of nitrogens with one attached hydrogen (secondary N) is 2. The molecular formula is C22H28F3N3O3. The molecule has 2 rings (SSSR count). The fraction of sp³-hybridized carbons (Fsp3) is 0.409. The van der Waals surface area contributed by atoms with Crippen LogP contribution in [0.4, 0.5) is 13.2 Å². The van der Waals surface area contributed by atoms with E-state index in [1.165, 1.54) is 0 Å². The molecule has 9 heteroatoms. The monoisotopic (exact) mass is 439 g/mol. The fourth-order valence-electron chi connectivity index (χ4n) is 2.73. The summed E-state index contributed by atoms with van der Waals surface area (Å²) in [5.41, 5.74) is 2.65. The SMILES string of the molecule is CCOc1ccc(CNC(=NC)NCc2ccc(COCC(F)(F)F)cc2)cc1OC. The molecule has 0 unspecified atom stereocenters. The van der Waals surface area contributed by atoms with E-state index in [4.69, 9.17) is 9.47 Å². The van der Waals surface area contributed by atoms with Crippen LogP contribution in [0.1, 0.15) is 23.6 Å². The number of guanidine groups is 1. The van der Waals surface area contributed by atoms with Gasteiger partial charge in [-0.1, -0.05) is 30.3 Å². The van der Waals surface area contributed by atoms with Gasteiger partial charge in [0.25, 0.3) is 0 Å². The van der Waals surface area contributed by atoms with E-state index in [0.29, 0.717) is 42.7 Å². The Hall–Kier alpha value is -2.94. The molecule has 2 N–H and O–H groups in total. The smallest absolute Gasteiger partial charge is 0.411 e. The second kappa shape index (κ2) is 12.0. The Morgan fingerprint density at radius 2 is 1.55 bits per heavy atom.